The molecule has 0 aliphatic carbocycles. The van der Waals surface area contributed by atoms with Gasteiger partial charge < -0.3 is 4.74 Å². The third-order valence-electron chi connectivity index (χ3n) is 3.86. The molecule has 0 amide bonds. The van der Waals surface area contributed by atoms with E-state index in [0.717, 1.165) is 21.3 Å². The second-order valence-electron chi connectivity index (χ2n) is 5.79. The maximum absolute atomic E-state index is 12.3. The van der Waals surface area contributed by atoms with Crippen LogP contribution in [0.2, 0.25) is 0 Å². The number of carbonyl (C=O) groups excluding carboxylic acids is 1. The highest BCUT2D eigenvalue weighted by Crippen LogP contribution is 2.22. The molecule has 0 N–H and O–H groups in total. The van der Waals surface area contributed by atoms with E-state index in [9.17, 15) is 4.79 Å². The largest absolute Gasteiger partial charge is 0.461 e. The van der Waals surface area contributed by atoms with Crippen LogP contribution in [0.25, 0.3) is 11.3 Å². The summed E-state index contributed by atoms with van der Waals surface area (Å²) in [4.78, 5) is 12.3. The molecule has 0 radical (unpaired) electrons. The van der Waals surface area contributed by atoms with Gasteiger partial charge in [-0.25, -0.2) is 4.79 Å². The molecule has 4 nitrogen and oxygen atoms in total. The van der Waals surface area contributed by atoms with Gasteiger partial charge in [-0.2, -0.15) is 5.10 Å². The van der Waals surface area contributed by atoms with Crippen molar-refractivity contribution in [3.8, 4) is 11.3 Å². The molecule has 0 aliphatic heterocycles. The Hall–Kier alpha value is -2.40. The minimum Gasteiger partial charge on any atom is -0.461 e. The molecule has 3 rings (SSSR count). The van der Waals surface area contributed by atoms with Crippen LogP contribution >= 0.6 is 15.9 Å². The number of benzene rings is 2. The monoisotopic (exact) mass is 398 g/mol. The summed E-state index contributed by atoms with van der Waals surface area (Å²) < 4.78 is 7.90. The molecule has 0 spiro atoms. The lowest BCUT2D eigenvalue weighted by Crippen LogP contribution is -2.14. The number of ether oxygens (including phenoxy) is 1. The number of aryl methyl sites for hydroxylation is 1. The third-order valence-corrected chi connectivity index (χ3v) is 4.39. The van der Waals surface area contributed by atoms with Gasteiger partial charge in [-0.1, -0.05) is 57.9 Å². The van der Waals surface area contributed by atoms with Gasteiger partial charge in [-0.15, -0.1) is 0 Å². The first-order valence-corrected chi connectivity index (χ1v) is 8.92. The number of rotatable bonds is 5. The molecule has 25 heavy (non-hydrogen) atoms. The molecule has 1 aromatic heterocycles. The fourth-order valence-electron chi connectivity index (χ4n) is 2.53. The Labute approximate surface area is 155 Å². The number of aromatic nitrogens is 2. The van der Waals surface area contributed by atoms with E-state index in [1.165, 1.54) is 5.56 Å². The van der Waals surface area contributed by atoms with Gasteiger partial charge in [-0.05, 0) is 37.6 Å². The van der Waals surface area contributed by atoms with E-state index in [4.69, 9.17) is 4.74 Å². The van der Waals surface area contributed by atoms with Crippen molar-refractivity contribution in [2.45, 2.75) is 20.4 Å². The molecule has 2 aromatic carbocycles. The number of hydrogen-bond acceptors (Lipinski definition) is 3. The van der Waals surface area contributed by atoms with Crippen LogP contribution in [0.1, 0.15) is 28.5 Å². The van der Waals surface area contributed by atoms with Crippen LogP contribution in [-0.2, 0) is 11.3 Å². The summed E-state index contributed by atoms with van der Waals surface area (Å²) in [5, 5.41) is 4.63. The highest BCUT2D eigenvalue weighted by molar-refractivity contribution is 9.10. The molecule has 128 valence electrons. The molecule has 0 bridgehead atoms. The van der Waals surface area contributed by atoms with Crippen LogP contribution in [0.15, 0.2) is 59.1 Å². The quantitative estimate of drug-likeness (QED) is 0.577. The van der Waals surface area contributed by atoms with E-state index < -0.39 is 0 Å². The highest BCUT2D eigenvalue weighted by atomic mass is 79.9. The first-order valence-electron chi connectivity index (χ1n) is 8.13. The normalized spacial score (nSPS) is 10.7. The molecule has 0 aliphatic rings. The highest BCUT2D eigenvalue weighted by Gasteiger charge is 2.17. The summed E-state index contributed by atoms with van der Waals surface area (Å²) in [5.41, 5.74) is 4.45. The first kappa shape index (κ1) is 17.4. The van der Waals surface area contributed by atoms with Crippen LogP contribution in [0, 0.1) is 6.92 Å². The zero-order chi connectivity index (χ0) is 17.8. The van der Waals surface area contributed by atoms with Crippen molar-refractivity contribution in [2.75, 3.05) is 6.61 Å². The third kappa shape index (κ3) is 4.17. The van der Waals surface area contributed by atoms with E-state index in [0.29, 0.717) is 18.8 Å². The summed E-state index contributed by atoms with van der Waals surface area (Å²) in [5.74, 6) is -0.356. The lowest BCUT2D eigenvalue weighted by molar-refractivity contribution is 0.0512. The van der Waals surface area contributed by atoms with Crippen molar-refractivity contribution in [3.63, 3.8) is 0 Å². The molecular weight excluding hydrogens is 380 g/mol. The van der Waals surface area contributed by atoms with Crippen LogP contribution in [0.5, 0.6) is 0 Å². The van der Waals surface area contributed by atoms with Gasteiger partial charge in [0.25, 0.3) is 0 Å². The first-order chi connectivity index (χ1) is 12.1. The fraction of sp³-hybridized carbons (Fsp3) is 0.200. The van der Waals surface area contributed by atoms with Crippen LogP contribution < -0.4 is 0 Å². The van der Waals surface area contributed by atoms with E-state index in [1.54, 1.807) is 17.7 Å². The van der Waals surface area contributed by atoms with Crippen molar-refractivity contribution in [1.82, 2.24) is 9.78 Å². The molecular formula is C20H19BrN2O2. The Balaban J connectivity index is 1.97. The Morgan fingerprint density at radius 1 is 1.12 bits per heavy atom. The zero-order valence-electron chi connectivity index (χ0n) is 14.2. The summed E-state index contributed by atoms with van der Waals surface area (Å²) in [7, 11) is 0. The number of esters is 1. The van der Waals surface area contributed by atoms with E-state index in [2.05, 4.69) is 33.2 Å². The van der Waals surface area contributed by atoms with Crippen LogP contribution in [-0.4, -0.2) is 22.4 Å². The SMILES string of the molecule is CCOC(=O)c1cc(-c2ccc(Br)cc2)nn1Cc1ccc(C)cc1. The van der Waals surface area contributed by atoms with Gasteiger partial charge in [0, 0.05) is 10.0 Å². The van der Waals surface area contributed by atoms with Gasteiger partial charge in [0.2, 0.25) is 0 Å². The second kappa shape index (κ2) is 7.66. The predicted molar refractivity (Wildman–Crippen MR) is 102 cm³/mol. The summed E-state index contributed by atoms with van der Waals surface area (Å²) in [6.07, 6.45) is 0. The van der Waals surface area contributed by atoms with Gasteiger partial charge in [0.05, 0.1) is 18.8 Å². The molecule has 3 aromatic rings. The molecule has 0 unspecified atom stereocenters. The Kier molecular flexibility index (Phi) is 5.34. The van der Waals surface area contributed by atoms with E-state index in [-0.39, 0.29) is 5.97 Å². The van der Waals surface area contributed by atoms with Crippen molar-refractivity contribution in [3.05, 3.63) is 75.9 Å². The summed E-state index contributed by atoms with van der Waals surface area (Å²) >= 11 is 3.43. The van der Waals surface area contributed by atoms with Gasteiger partial charge in [0.1, 0.15) is 5.69 Å². The number of nitrogens with zero attached hydrogens (tertiary/aromatic N) is 2. The van der Waals surface area contributed by atoms with Crippen LogP contribution in [0.4, 0.5) is 0 Å². The number of carbonyl (C=O) groups is 1. The van der Waals surface area contributed by atoms with Gasteiger partial charge in [0.15, 0.2) is 0 Å². The lowest BCUT2D eigenvalue weighted by atomic mass is 10.1. The number of hydrogen-bond donors (Lipinski definition) is 0. The molecule has 0 atom stereocenters. The lowest BCUT2D eigenvalue weighted by Gasteiger charge is -2.07. The minimum atomic E-state index is -0.356. The molecule has 1 heterocycles. The van der Waals surface area contributed by atoms with Crippen LogP contribution in [0.3, 0.4) is 0 Å². The minimum absolute atomic E-state index is 0.335. The van der Waals surface area contributed by atoms with Gasteiger partial charge >= 0.3 is 5.97 Å². The number of halogens is 1. The van der Waals surface area contributed by atoms with Gasteiger partial charge in [-0.3, -0.25) is 4.68 Å². The van der Waals surface area contributed by atoms with Crippen molar-refractivity contribution >= 4 is 21.9 Å². The summed E-state index contributed by atoms with van der Waals surface area (Å²) in [6.45, 7) is 4.70. The summed E-state index contributed by atoms with van der Waals surface area (Å²) in [6, 6.07) is 17.8. The standard InChI is InChI=1S/C20H19BrN2O2/c1-3-25-20(24)19-12-18(16-8-10-17(21)11-9-16)22-23(19)13-15-6-4-14(2)5-7-15/h4-12H,3,13H2,1-2H3. The molecule has 5 heteroatoms. The second-order valence-corrected chi connectivity index (χ2v) is 6.70. The Bertz CT molecular complexity index is 868. The Morgan fingerprint density at radius 2 is 1.80 bits per heavy atom. The zero-order valence-corrected chi connectivity index (χ0v) is 15.8. The van der Waals surface area contributed by atoms with E-state index in [1.807, 2.05) is 43.3 Å². The smallest absolute Gasteiger partial charge is 0.356 e. The average Bonchev–Trinajstić information content (AvgIpc) is 3.02. The Morgan fingerprint density at radius 3 is 2.44 bits per heavy atom. The average molecular weight is 399 g/mol. The van der Waals surface area contributed by atoms with Crippen molar-refractivity contribution in [1.29, 1.82) is 0 Å². The fourth-order valence-corrected chi connectivity index (χ4v) is 2.80. The van der Waals surface area contributed by atoms with E-state index >= 15 is 0 Å². The maximum atomic E-state index is 12.3. The van der Waals surface area contributed by atoms with Crippen molar-refractivity contribution < 1.29 is 9.53 Å². The molecule has 0 fully saturated rings. The maximum Gasteiger partial charge on any atom is 0.356 e. The topological polar surface area (TPSA) is 44.1 Å². The predicted octanol–water partition coefficient (Wildman–Crippen LogP) is 4.85. The molecule has 0 saturated carbocycles. The molecule has 0 saturated heterocycles. The van der Waals surface area contributed by atoms with Crippen molar-refractivity contribution in [2.24, 2.45) is 0 Å².